The average Bonchev–Trinajstić information content (AvgIpc) is 0.959. The van der Waals surface area contributed by atoms with Crippen LogP contribution in [-0.2, 0) is 32.5 Å². The predicted molar refractivity (Wildman–Crippen MR) is 400 cm³/mol. The van der Waals surface area contributed by atoms with Crippen LogP contribution in [0.5, 0.6) is 11.5 Å². The molecule has 0 atom stereocenters. The van der Waals surface area contributed by atoms with Gasteiger partial charge in [0.2, 0.25) is 0 Å². The molecule has 3 heterocycles. The molecular formula is C90H90N4O. The van der Waals surface area contributed by atoms with Gasteiger partial charge >= 0.3 is 0 Å². The first-order chi connectivity index (χ1) is 58.3. The normalized spacial score (nSPS) is 20.6. The number of fused-ring (bicyclic) bond motifs is 5. The van der Waals surface area contributed by atoms with Crippen LogP contribution >= 0.6 is 0 Å². The van der Waals surface area contributed by atoms with Crippen LogP contribution in [0.2, 0.25) is 0 Å². The van der Waals surface area contributed by atoms with E-state index in [0.717, 1.165) is 38.5 Å². The second kappa shape index (κ2) is 23.1. The highest BCUT2D eigenvalue weighted by atomic mass is 16.5. The van der Waals surface area contributed by atoms with Crippen LogP contribution < -0.4 is 9.30 Å². The summed E-state index contributed by atoms with van der Waals surface area (Å²) in [6, 6.07) is 19.9. The average molecular weight is 1280 g/mol. The summed E-state index contributed by atoms with van der Waals surface area (Å²) in [5.74, 6) is 1.19. The zero-order valence-electron chi connectivity index (χ0n) is 86.9. The Morgan fingerprint density at radius 1 is 0.463 bits per heavy atom. The number of rotatable bonds is 10. The molecule has 13 aromatic rings. The van der Waals surface area contributed by atoms with Crippen molar-refractivity contribution >= 4 is 32.8 Å². The van der Waals surface area contributed by atoms with Gasteiger partial charge < -0.3 is 4.74 Å². The van der Waals surface area contributed by atoms with Crippen LogP contribution in [0.25, 0.3) is 106 Å². The van der Waals surface area contributed by atoms with Gasteiger partial charge in [0.1, 0.15) is 17.3 Å². The van der Waals surface area contributed by atoms with Gasteiger partial charge in [-0.05, 0) is 207 Å². The monoisotopic (exact) mass is 1270 g/mol. The lowest BCUT2D eigenvalue weighted by Gasteiger charge is -2.42. The molecule has 476 valence electrons. The molecule has 3 aromatic heterocycles. The minimum Gasteiger partial charge on any atom is -0.458 e. The Balaban J connectivity index is 1.22. The highest BCUT2D eigenvalue weighted by Gasteiger charge is 2.38. The third-order valence-electron chi connectivity index (χ3n) is 17.4. The number of para-hydroxylation sites is 1. The van der Waals surface area contributed by atoms with Crippen LogP contribution in [0.3, 0.4) is 0 Å². The van der Waals surface area contributed by atoms with E-state index in [1.165, 1.54) is 21.3 Å². The van der Waals surface area contributed by atoms with E-state index in [-0.39, 0.29) is 33.4 Å². The number of pyridine rings is 1. The number of ether oxygens (including phenoxy) is 1. The largest absolute Gasteiger partial charge is 0.458 e. The zero-order valence-corrected chi connectivity index (χ0v) is 54.9. The first kappa shape index (κ1) is 35.8. The van der Waals surface area contributed by atoms with Gasteiger partial charge in [-0.3, -0.25) is 13.7 Å². The minimum absolute atomic E-state index is 0.00757. The molecular weight excluding hydrogens is 1150 g/mol. The van der Waals surface area contributed by atoms with E-state index in [2.05, 4.69) is 74.7 Å². The lowest BCUT2D eigenvalue weighted by atomic mass is 9.63. The fraction of sp³-hybridized carbons (Fsp3) is 0.267. The molecule has 14 rings (SSSR count). The first-order valence-electron chi connectivity index (χ1n) is 47.4. The van der Waals surface area contributed by atoms with E-state index in [4.69, 9.17) is 26.2 Å². The van der Waals surface area contributed by atoms with Gasteiger partial charge in [0, 0.05) is 45.0 Å². The lowest BCUT2D eigenvalue weighted by Crippen LogP contribution is -2.34. The highest BCUT2D eigenvalue weighted by Crippen LogP contribution is 2.49. The van der Waals surface area contributed by atoms with Crippen LogP contribution in [0.4, 0.5) is 0 Å². The van der Waals surface area contributed by atoms with E-state index < -0.39 is 225 Å². The number of hydrogen-bond donors (Lipinski definition) is 0. The van der Waals surface area contributed by atoms with Crippen LogP contribution in [0.15, 0.2) is 230 Å². The van der Waals surface area contributed by atoms with Gasteiger partial charge in [-0.25, -0.2) is 4.98 Å². The summed E-state index contributed by atoms with van der Waals surface area (Å²) in [5.41, 5.74) is -16.7. The maximum atomic E-state index is 10.9. The van der Waals surface area contributed by atoms with Crippen molar-refractivity contribution in [1.82, 2.24) is 14.1 Å². The topological polar surface area (TPSA) is 35.9 Å². The fourth-order valence-electron chi connectivity index (χ4n) is 12.1. The number of hydrogen-bond acceptors (Lipinski definition) is 2. The summed E-state index contributed by atoms with van der Waals surface area (Å²) in [5, 5.41) is 1.79. The Hall–Kier alpha value is -9.58. The Morgan fingerprint density at radius 3 is 1.69 bits per heavy atom. The molecule has 0 bridgehead atoms. The Morgan fingerprint density at radius 2 is 1.05 bits per heavy atom. The van der Waals surface area contributed by atoms with Gasteiger partial charge in [-0.1, -0.05) is 256 Å². The number of aromatic nitrogens is 4. The maximum absolute atomic E-state index is 10.9. The van der Waals surface area contributed by atoms with Crippen LogP contribution in [0, 0.1) is 6.33 Å². The smallest absolute Gasteiger partial charge is 0.269 e. The van der Waals surface area contributed by atoms with Crippen molar-refractivity contribution in [3.05, 3.63) is 270 Å². The molecule has 0 fully saturated rings. The number of benzene rings is 10. The van der Waals surface area contributed by atoms with E-state index >= 15 is 0 Å². The first-order valence-corrected chi connectivity index (χ1v) is 31.4. The van der Waals surface area contributed by atoms with Crippen molar-refractivity contribution in [3.8, 4) is 84.3 Å². The molecule has 1 aliphatic rings. The van der Waals surface area contributed by atoms with E-state index in [1.54, 1.807) is 75.5 Å². The van der Waals surface area contributed by atoms with Gasteiger partial charge in [0.15, 0.2) is 0 Å². The van der Waals surface area contributed by atoms with Crippen molar-refractivity contribution in [3.63, 3.8) is 0 Å². The SMILES string of the molecule is [2H]c1c([2H])c([2H])c(-c2c([2H])c(-c3cc(C(C)(C)C)cc(-c4c([2H])c([2H])c5c(c4[2H])C(C([2H])([2H])[2H])(C([2H])([2H])[2H])C([2H])([2H])C([2H])([2H])C5(C([2H])([2H])[2H])C([2H])([2H])[2H])c3-[n+]3[c-]n(-c4cccc(Oc5ccc6c7ccccc7n(-c7cc(C(C)(C)C)ccn7)c6c5)c4)c4cc(-c5cc(C(C)(C)C)cc(C(C)(C)C)c5)ccc43)c([2H])c(-c3c([2H])c([2H])c([2H])c([2H])c3[2H])c2[2H])c([2H])c1[2H]. The molecule has 0 aliphatic heterocycles. The molecule has 10 aromatic carbocycles. The molecule has 5 heteroatoms. The second-order valence-corrected chi connectivity index (χ2v) is 28.5. The summed E-state index contributed by atoms with van der Waals surface area (Å²) < 4.78 is 318. The van der Waals surface area contributed by atoms with Gasteiger partial charge in [-0.2, -0.15) is 0 Å². The zero-order chi connectivity index (χ0) is 94.2. The quantitative estimate of drug-likeness (QED) is 0.101. The summed E-state index contributed by atoms with van der Waals surface area (Å²) in [6.07, 6.45) is -4.35. The highest BCUT2D eigenvalue weighted by molar-refractivity contribution is 6.09. The van der Waals surface area contributed by atoms with E-state index in [0.29, 0.717) is 22.7 Å². The standard InChI is InChI=1S/C90H90N4O/c1-85(2,3)66-40-43-91-83(54-66)94-79-33-24-23-32-73(79)74-37-36-72(56-81(74)94)95-71-31-25-30-70(55-71)92-57-93(80-39-35-60(50-82(80)92)64-47-67(86(4,5)6)51-68(48-64)87(7,8)9)84-75(61-34-38-77-78(49-61)90(15,16)42-41-89(77,13)14)52-69(88(10,11)12)53-76(84)65-45-62(58-26-19-17-20-27-58)44-63(46-65)59-28-21-18-22-29-59/h17-40,43-56H,41-42H2,1-16H3/i13D3,14D3,15D3,16D3,17D,18D,19D,20D,21D,22D,26D,27D,28D,29D,34D,38D,41D2,42D2,44D,45D,46D,49D. The molecule has 0 N–H and O–H groups in total. The Bertz CT molecular complexity index is 6600. The lowest BCUT2D eigenvalue weighted by molar-refractivity contribution is -0.571. The molecule has 95 heavy (non-hydrogen) atoms. The molecule has 0 radical (unpaired) electrons. The summed E-state index contributed by atoms with van der Waals surface area (Å²) in [6.45, 7) is 5.45. The van der Waals surface area contributed by atoms with Crippen molar-refractivity contribution in [2.75, 3.05) is 0 Å². The summed E-state index contributed by atoms with van der Waals surface area (Å²) in [4.78, 5) is 4.87. The van der Waals surface area contributed by atoms with E-state index in [9.17, 15) is 27.4 Å². The Labute approximate surface area is 608 Å². The minimum atomic E-state index is -4.80. The van der Waals surface area contributed by atoms with Crippen molar-refractivity contribution < 1.29 is 53.2 Å². The molecule has 0 saturated heterocycles. The maximum Gasteiger partial charge on any atom is 0.269 e. The van der Waals surface area contributed by atoms with Gasteiger partial charge in [-0.15, -0.1) is 0 Å². The summed E-state index contributed by atoms with van der Waals surface area (Å²) in [7, 11) is 0. The van der Waals surface area contributed by atoms with Crippen LogP contribution in [-0.4, -0.2) is 14.1 Å². The van der Waals surface area contributed by atoms with Crippen molar-refractivity contribution in [2.45, 2.75) is 156 Å². The third kappa shape index (κ3) is 11.9. The number of imidazole rings is 1. The van der Waals surface area contributed by atoms with Crippen molar-refractivity contribution in [2.24, 2.45) is 0 Å². The fourth-order valence-corrected chi connectivity index (χ4v) is 12.1. The molecule has 0 spiro atoms. The second-order valence-electron chi connectivity index (χ2n) is 28.5. The molecule has 5 nitrogen and oxygen atoms in total. The van der Waals surface area contributed by atoms with Crippen molar-refractivity contribution in [1.29, 1.82) is 0 Å². The molecule has 0 amide bonds. The van der Waals surface area contributed by atoms with Gasteiger partial charge in [0.25, 0.3) is 6.33 Å². The predicted octanol–water partition coefficient (Wildman–Crippen LogP) is 23.9. The van der Waals surface area contributed by atoms with Gasteiger partial charge in [0.05, 0.1) is 55.4 Å². The molecule has 1 aliphatic carbocycles. The molecule has 0 unspecified atom stereocenters. The summed E-state index contributed by atoms with van der Waals surface area (Å²) >= 11 is 0. The Kier molecular flexibility index (Phi) is 8.71. The third-order valence-corrected chi connectivity index (χ3v) is 17.4. The number of nitrogens with zero attached hydrogens (tertiary/aromatic N) is 4. The van der Waals surface area contributed by atoms with E-state index in [1.807, 2.05) is 65.2 Å². The molecule has 0 saturated carbocycles. The van der Waals surface area contributed by atoms with Crippen LogP contribution in [0.1, 0.15) is 200 Å².